The van der Waals surface area contributed by atoms with E-state index in [9.17, 15) is 13.2 Å². The van der Waals surface area contributed by atoms with Gasteiger partial charge < -0.3 is 10.2 Å². The van der Waals surface area contributed by atoms with Gasteiger partial charge in [-0.05, 0) is 37.8 Å². The van der Waals surface area contributed by atoms with Gasteiger partial charge in [0, 0.05) is 31.5 Å². The number of sulfonamides is 1. The fraction of sp³-hybridized carbons (Fsp3) is 0.600. The summed E-state index contributed by atoms with van der Waals surface area (Å²) in [6, 6.07) is 3.32. The van der Waals surface area contributed by atoms with E-state index in [0.717, 1.165) is 31.1 Å². The van der Waals surface area contributed by atoms with E-state index in [4.69, 9.17) is 0 Å². The number of amides is 2. The maximum Gasteiger partial charge on any atom is 0.318 e. The molecular formula is C15H24N4O3S. The summed E-state index contributed by atoms with van der Waals surface area (Å²) in [5.41, 5.74) is 0.934. The molecule has 0 aliphatic carbocycles. The first-order valence-corrected chi connectivity index (χ1v) is 9.67. The number of likely N-dealkylation sites (tertiary alicyclic amines) is 1. The van der Waals surface area contributed by atoms with Crippen LogP contribution in [0.5, 0.6) is 0 Å². The topological polar surface area (TPSA) is 91.4 Å². The van der Waals surface area contributed by atoms with Gasteiger partial charge in [0.25, 0.3) is 0 Å². The van der Waals surface area contributed by atoms with Gasteiger partial charge in [-0.15, -0.1) is 0 Å². The Kier molecular flexibility index (Phi) is 5.95. The number of hydrogen-bond acceptors (Lipinski definition) is 4. The molecule has 0 unspecified atom stereocenters. The second-order valence-corrected chi connectivity index (χ2v) is 7.75. The first-order chi connectivity index (χ1) is 10.9. The maximum absolute atomic E-state index is 12.5. The van der Waals surface area contributed by atoms with Crippen LogP contribution in [0.1, 0.15) is 37.8 Å². The molecule has 2 amide bonds. The van der Waals surface area contributed by atoms with E-state index in [0.29, 0.717) is 6.54 Å². The Bertz CT molecular complexity index is 621. The van der Waals surface area contributed by atoms with Crippen molar-refractivity contribution in [3.63, 3.8) is 0 Å². The smallest absolute Gasteiger partial charge is 0.318 e. The lowest BCUT2D eigenvalue weighted by atomic mass is 10.0. The Labute approximate surface area is 137 Å². The second-order valence-electron chi connectivity index (χ2n) is 5.92. The Hall–Kier alpha value is -1.67. The molecule has 8 heteroatoms. The molecule has 1 fully saturated rings. The van der Waals surface area contributed by atoms with Gasteiger partial charge in [0.15, 0.2) is 0 Å². The van der Waals surface area contributed by atoms with Crippen molar-refractivity contribution in [1.29, 1.82) is 0 Å². The monoisotopic (exact) mass is 340 g/mol. The minimum absolute atomic E-state index is 0.112. The summed E-state index contributed by atoms with van der Waals surface area (Å²) in [5, 5.41) is 2.96. The van der Waals surface area contributed by atoms with E-state index >= 15 is 0 Å². The molecule has 0 bridgehead atoms. The van der Waals surface area contributed by atoms with E-state index in [1.807, 2.05) is 19.1 Å². The van der Waals surface area contributed by atoms with Crippen molar-refractivity contribution in [2.24, 2.45) is 0 Å². The Morgan fingerprint density at radius 3 is 2.91 bits per heavy atom. The zero-order valence-electron chi connectivity index (χ0n) is 13.5. The summed E-state index contributed by atoms with van der Waals surface area (Å²) in [7, 11) is -3.26. The molecule has 7 nitrogen and oxygen atoms in total. The van der Waals surface area contributed by atoms with Crippen molar-refractivity contribution in [1.82, 2.24) is 19.9 Å². The third-order valence-corrected chi connectivity index (χ3v) is 4.68. The summed E-state index contributed by atoms with van der Waals surface area (Å²) in [5.74, 6) is 0. The molecule has 1 saturated heterocycles. The summed E-state index contributed by atoms with van der Waals surface area (Å²) in [6.45, 7) is 2.80. The van der Waals surface area contributed by atoms with Crippen molar-refractivity contribution in [3.8, 4) is 0 Å². The van der Waals surface area contributed by atoms with Gasteiger partial charge in [0.1, 0.15) is 0 Å². The predicted octanol–water partition coefficient (Wildman–Crippen LogP) is 1.26. The average molecular weight is 340 g/mol. The number of nitrogens with one attached hydrogen (secondary N) is 2. The molecule has 0 radical (unpaired) electrons. The molecule has 23 heavy (non-hydrogen) atoms. The second kappa shape index (κ2) is 7.74. The highest BCUT2D eigenvalue weighted by Gasteiger charge is 2.28. The standard InChI is InChI=1S/C15H24N4O3S/c1-12(13-6-5-8-16-10-13)18-15(20)19-9-4-3-7-14(19)11-17-23(2,21)22/h5-6,8,10,12,14,17H,3-4,7,9,11H2,1-2H3,(H,18,20)/t12-,14-/m1/s1. The molecule has 2 atom stereocenters. The highest BCUT2D eigenvalue weighted by Crippen LogP contribution is 2.18. The van der Waals surface area contributed by atoms with Crippen LogP contribution in [-0.2, 0) is 10.0 Å². The normalized spacial score (nSPS) is 20.1. The molecule has 1 aliphatic heterocycles. The van der Waals surface area contributed by atoms with Gasteiger partial charge in [-0.25, -0.2) is 17.9 Å². The molecular weight excluding hydrogens is 316 g/mol. The first-order valence-electron chi connectivity index (χ1n) is 7.78. The number of hydrogen-bond donors (Lipinski definition) is 2. The highest BCUT2D eigenvalue weighted by atomic mass is 32.2. The van der Waals surface area contributed by atoms with Gasteiger partial charge >= 0.3 is 6.03 Å². The van der Waals surface area contributed by atoms with Crippen LogP contribution in [0.25, 0.3) is 0 Å². The van der Waals surface area contributed by atoms with Gasteiger partial charge in [-0.2, -0.15) is 0 Å². The molecule has 0 aromatic carbocycles. The average Bonchev–Trinajstić information content (AvgIpc) is 2.53. The molecule has 2 rings (SSSR count). The lowest BCUT2D eigenvalue weighted by Gasteiger charge is -2.36. The van der Waals surface area contributed by atoms with Crippen molar-refractivity contribution in [2.45, 2.75) is 38.3 Å². The molecule has 128 valence electrons. The first kappa shape index (κ1) is 17.7. The zero-order valence-corrected chi connectivity index (χ0v) is 14.3. The van der Waals surface area contributed by atoms with Crippen molar-refractivity contribution < 1.29 is 13.2 Å². The van der Waals surface area contributed by atoms with E-state index in [-0.39, 0.29) is 24.7 Å². The van der Waals surface area contributed by atoms with Crippen LogP contribution >= 0.6 is 0 Å². The number of urea groups is 1. The lowest BCUT2D eigenvalue weighted by Crippen LogP contribution is -2.53. The summed E-state index contributed by atoms with van der Waals surface area (Å²) in [6.07, 6.45) is 7.28. The van der Waals surface area contributed by atoms with Gasteiger partial charge in [-0.3, -0.25) is 4.98 Å². The number of piperidine rings is 1. The molecule has 2 heterocycles. The fourth-order valence-electron chi connectivity index (χ4n) is 2.71. The van der Waals surface area contributed by atoms with Crippen molar-refractivity contribution in [2.75, 3.05) is 19.3 Å². The molecule has 1 aromatic heterocycles. The molecule has 1 aliphatic rings. The summed E-state index contributed by atoms with van der Waals surface area (Å²) in [4.78, 5) is 18.3. The van der Waals surface area contributed by atoms with Crippen molar-refractivity contribution >= 4 is 16.1 Å². The third-order valence-electron chi connectivity index (χ3n) is 3.99. The van der Waals surface area contributed by atoms with Gasteiger partial charge in [-0.1, -0.05) is 6.07 Å². The molecule has 2 N–H and O–H groups in total. The molecule has 1 aromatic rings. The lowest BCUT2D eigenvalue weighted by molar-refractivity contribution is 0.149. The number of aromatic nitrogens is 1. The third kappa shape index (κ3) is 5.47. The molecule has 0 saturated carbocycles. The summed E-state index contributed by atoms with van der Waals surface area (Å²) >= 11 is 0. The van der Waals surface area contributed by atoms with Crippen LogP contribution in [-0.4, -0.2) is 49.7 Å². The van der Waals surface area contributed by atoms with E-state index in [1.165, 1.54) is 0 Å². The van der Waals surface area contributed by atoms with Crippen LogP contribution in [0.2, 0.25) is 0 Å². The molecule has 0 spiro atoms. The van der Waals surface area contributed by atoms with E-state index in [1.54, 1.807) is 17.3 Å². The van der Waals surface area contributed by atoms with Crippen LogP contribution in [0, 0.1) is 0 Å². The van der Waals surface area contributed by atoms with Crippen LogP contribution in [0.4, 0.5) is 4.79 Å². The number of carbonyl (C=O) groups excluding carboxylic acids is 1. The van der Waals surface area contributed by atoms with Crippen LogP contribution in [0.3, 0.4) is 0 Å². The maximum atomic E-state index is 12.5. The Morgan fingerprint density at radius 2 is 2.26 bits per heavy atom. The summed E-state index contributed by atoms with van der Waals surface area (Å²) < 4.78 is 25.1. The van der Waals surface area contributed by atoms with Gasteiger partial charge in [0.2, 0.25) is 10.0 Å². The fourth-order valence-corrected chi connectivity index (χ4v) is 3.21. The number of nitrogens with zero attached hydrogens (tertiary/aromatic N) is 2. The van der Waals surface area contributed by atoms with Crippen LogP contribution < -0.4 is 10.0 Å². The largest absolute Gasteiger partial charge is 0.331 e. The Balaban J connectivity index is 1.97. The van der Waals surface area contributed by atoms with E-state index < -0.39 is 10.0 Å². The van der Waals surface area contributed by atoms with Crippen LogP contribution in [0.15, 0.2) is 24.5 Å². The quantitative estimate of drug-likeness (QED) is 0.844. The van der Waals surface area contributed by atoms with E-state index in [2.05, 4.69) is 15.0 Å². The number of pyridine rings is 1. The van der Waals surface area contributed by atoms with Gasteiger partial charge in [0.05, 0.1) is 12.3 Å². The number of rotatable bonds is 5. The SMILES string of the molecule is C[C@@H](NC(=O)N1CCCC[C@@H]1CNS(C)(=O)=O)c1cccnc1. The minimum Gasteiger partial charge on any atom is -0.331 e. The number of carbonyl (C=O) groups is 1. The zero-order chi connectivity index (χ0) is 16.9. The Morgan fingerprint density at radius 1 is 1.48 bits per heavy atom. The van der Waals surface area contributed by atoms with Crippen molar-refractivity contribution in [3.05, 3.63) is 30.1 Å². The minimum atomic E-state index is -3.26. The predicted molar refractivity (Wildman–Crippen MR) is 88.4 cm³/mol. The highest BCUT2D eigenvalue weighted by molar-refractivity contribution is 7.88.